The number of benzene rings is 2. The van der Waals surface area contributed by atoms with E-state index in [4.69, 9.17) is 20.3 Å². The fourth-order valence-corrected chi connectivity index (χ4v) is 6.42. The molecule has 0 radical (unpaired) electrons. The van der Waals surface area contributed by atoms with Gasteiger partial charge in [-0.1, -0.05) is 65.9 Å². The van der Waals surface area contributed by atoms with E-state index in [1.165, 1.54) is 57.6 Å². The summed E-state index contributed by atoms with van der Waals surface area (Å²) in [5, 5.41) is 19.5. The Bertz CT molecular complexity index is 1670. The van der Waals surface area contributed by atoms with Crippen LogP contribution in [0.3, 0.4) is 0 Å². The molecule has 2 aromatic carbocycles. The van der Waals surface area contributed by atoms with Gasteiger partial charge in [0.05, 0.1) is 33.9 Å². The van der Waals surface area contributed by atoms with E-state index < -0.39 is 48.2 Å². The second kappa shape index (κ2) is 36.6. The smallest absolute Gasteiger partial charge is 0.251 e. The lowest BCUT2D eigenvalue weighted by atomic mass is 9.91. The Balaban J connectivity index is 0. The Hall–Kier alpha value is -4.74. The van der Waals surface area contributed by atoms with E-state index in [-0.39, 0.29) is 24.4 Å². The van der Waals surface area contributed by atoms with Crippen molar-refractivity contribution in [3.8, 4) is 11.5 Å². The van der Waals surface area contributed by atoms with Crippen LogP contribution in [0.2, 0.25) is 0 Å². The number of hydrogen-bond donors (Lipinski definition) is 7. The van der Waals surface area contributed by atoms with Crippen molar-refractivity contribution in [2.75, 3.05) is 59.8 Å². The maximum atomic E-state index is 12.6. The van der Waals surface area contributed by atoms with Gasteiger partial charge in [0.2, 0.25) is 23.6 Å². The molecule has 64 heavy (non-hydrogen) atoms. The fourth-order valence-electron chi connectivity index (χ4n) is 6.17. The maximum absolute atomic E-state index is 12.6. The number of hydrogen-bond acceptors (Lipinski definition) is 11. The predicted octanol–water partition coefficient (Wildman–Crippen LogP) is 5.71. The number of ether oxygens (including phenoxy) is 2. The monoisotopic (exact) mass is 966 g/mol. The van der Waals surface area contributed by atoms with Gasteiger partial charge in [-0.25, -0.2) is 0 Å². The molecule has 0 aromatic heterocycles. The lowest BCUT2D eigenvalue weighted by molar-refractivity contribution is -0.131. The van der Waals surface area contributed by atoms with Crippen molar-refractivity contribution in [1.82, 2.24) is 31.5 Å². The number of rotatable bonds is 20. The normalized spacial score (nSPS) is 12.6. The molecule has 1 aliphatic rings. The first-order chi connectivity index (χ1) is 30.4. The zero-order valence-corrected chi connectivity index (χ0v) is 42.2. The molecule has 1 fully saturated rings. The van der Waals surface area contributed by atoms with Crippen LogP contribution < -0.4 is 41.8 Å². The van der Waals surface area contributed by atoms with Gasteiger partial charge in [0.25, 0.3) is 5.91 Å². The summed E-state index contributed by atoms with van der Waals surface area (Å²) in [5.41, 5.74) is 7.58. The number of Topliss-reactive ketones (excluding diaryl/α,β-unsaturated/α-hetero) is 1. The van der Waals surface area contributed by atoms with Crippen molar-refractivity contribution < 1.29 is 43.3 Å². The van der Waals surface area contributed by atoms with E-state index in [1.54, 1.807) is 26.4 Å². The summed E-state index contributed by atoms with van der Waals surface area (Å²) in [7, 11) is 4.27. The third-order valence-corrected chi connectivity index (χ3v) is 10.5. The molecule has 8 N–H and O–H groups in total. The van der Waals surface area contributed by atoms with Gasteiger partial charge in [-0.3, -0.25) is 28.8 Å². The van der Waals surface area contributed by atoms with Gasteiger partial charge in [-0.2, -0.15) is 0 Å². The summed E-state index contributed by atoms with van der Waals surface area (Å²) in [5.74, 6) is -0.442. The number of nitrogens with zero attached hydrogens (tertiary/aromatic N) is 1. The number of amides is 5. The van der Waals surface area contributed by atoms with Crippen LogP contribution in [0.1, 0.15) is 123 Å². The Labute approximate surface area is 391 Å². The zero-order chi connectivity index (χ0) is 49.2. The molecule has 2 atom stereocenters. The summed E-state index contributed by atoms with van der Waals surface area (Å²) in [6.07, 6.45) is 9.30. The SMILES string of the molecule is CC.CC1CCCCC1.CCN(CCCC[C@H](NC(=O)CNC(=O)[C@H](C)NC(=O)CNC(=O)c1ccc(Br)c(N)c1)C(=O)NCC(C)=O)C(C)C.CO.COc1ccc(C)cc1OC. The zero-order valence-electron chi connectivity index (χ0n) is 40.6. The number of anilines is 1. The Kier molecular flexibility index (Phi) is 35.1. The number of aliphatic hydroxyl groups is 1. The summed E-state index contributed by atoms with van der Waals surface area (Å²) in [4.78, 5) is 75.6. The van der Waals surface area contributed by atoms with Crippen molar-refractivity contribution in [3.05, 3.63) is 52.0 Å². The molecule has 5 amide bonds. The molecule has 2 aromatic rings. The van der Waals surface area contributed by atoms with Gasteiger partial charge in [-0.15, -0.1) is 0 Å². The highest BCUT2D eigenvalue weighted by atomic mass is 79.9. The van der Waals surface area contributed by atoms with Crippen LogP contribution >= 0.6 is 15.9 Å². The van der Waals surface area contributed by atoms with Crippen LogP contribution in [0.15, 0.2) is 40.9 Å². The molecular weight excluding hydrogens is 886 g/mol. The molecule has 1 saturated carbocycles. The molecule has 0 aliphatic heterocycles. The number of methoxy groups -OCH3 is 2. The second-order valence-electron chi connectivity index (χ2n) is 15.3. The third kappa shape index (κ3) is 27.4. The van der Waals surface area contributed by atoms with Crippen LogP contribution in [0.4, 0.5) is 5.69 Å². The molecule has 3 rings (SSSR count). The van der Waals surface area contributed by atoms with Crippen molar-refractivity contribution in [2.24, 2.45) is 5.92 Å². The van der Waals surface area contributed by atoms with E-state index >= 15 is 0 Å². The largest absolute Gasteiger partial charge is 0.493 e. The topological polar surface area (TPSA) is 231 Å². The average Bonchev–Trinajstić information content (AvgIpc) is 3.28. The molecule has 0 heterocycles. The molecule has 0 bridgehead atoms. The minimum Gasteiger partial charge on any atom is -0.493 e. The van der Waals surface area contributed by atoms with Crippen molar-refractivity contribution in [1.29, 1.82) is 0 Å². The number of halogens is 1. The third-order valence-electron chi connectivity index (χ3n) is 9.78. The second-order valence-corrected chi connectivity index (χ2v) is 16.1. The first kappa shape index (κ1) is 61.3. The van der Waals surface area contributed by atoms with Crippen LogP contribution in [-0.4, -0.2) is 118 Å². The molecule has 0 unspecified atom stereocenters. The lowest BCUT2D eigenvalue weighted by Gasteiger charge is -2.25. The number of carbonyl (C=O) groups is 6. The lowest BCUT2D eigenvalue weighted by Crippen LogP contribution is -2.52. The van der Waals surface area contributed by atoms with E-state index in [1.807, 2.05) is 39.0 Å². The van der Waals surface area contributed by atoms with Crippen LogP contribution in [0, 0.1) is 12.8 Å². The van der Waals surface area contributed by atoms with Crippen molar-refractivity contribution in [2.45, 2.75) is 132 Å². The van der Waals surface area contributed by atoms with Gasteiger partial charge >= 0.3 is 0 Å². The minimum absolute atomic E-state index is 0.145. The quantitative estimate of drug-likeness (QED) is 0.0628. The number of carbonyl (C=O) groups excluding carboxylic acids is 6. The van der Waals surface area contributed by atoms with Crippen molar-refractivity contribution in [3.63, 3.8) is 0 Å². The highest BCUT2D eigenvalue weighted by molar-refractivity contribution is 9.10. The Morgan fingerprint density at radius 1 is 0.812 bits per heavy atom. The summed E-state index contributed by atoms with van der Waals surface area (Å²) in [6, 6.07) is 8.97. The first-order valence-corrected chi connectivity index (χ1v) is 23.1. The Morgan fingerprint density at radius 2 is 1.39 bits per heavy atom. The van der Waals surface area contributed by atoms with E-state index in [0.29, 0.717) is 29.0 Å². The van der Waals surface area contributed by atoms with Gasteiger partial charge in [0, 0.05) is 28.9 Å². The number of unbranched alkanes of at least 4 members (excludes halogenated alkanes) is 1. The van der Waals surface area contributed by atoms with E-state index in [0.717, 1.165) is 44.0 Å². The highest BCUT2D eigenvalue weighted by Gasteiger charge is 2.23. The minimum atomic E-state index is -0.998. The number of nitrogens with one attached hydrogen (secondary N) is 5. The molecule has 0 spiro atoms. The van der Waals surface area contributed by atoms with Crippen LogP contribution in [-0.2, 0) is 24.0 Å². The van der Waals surface area contributed by atoms with Gasteiger partial charge < -0.3 is 51.8 Å². The standard InChI is InChI=1S/C28H44BrN7O6.C9H12O2.C7H14.C2H6.CH4O/c1-6-36(17(2)3)12-8-7-9-23(28(42)31-14-18(4)37)35-25(39)16-32-26(40)19(5)34-24(38)15-33-27(41)20-10-11-21(29)22(30)13-20;1-7-4-5-8(10-2)9(6-7)11-3;1-7-5-3-2-4-6-7;2*1-2/h10-11,13,17,19,23H,6-9,12,14-16,30H2,1-5H3,(H,31,42)(H,32,40)(H,33,41)(H,34,38)(H,35,39);4-6H,1-3H3;7H,2-6H2,1H3;1-2H3;2H,1H3/t19-,23-;;;;/m0..../s1. The van der Waals surface area contributed by atoms with Gasteiger partial charge in [0.15, 0.2) is 11.5 Å². The number of aryl methyl sites for hydroxylation is 1. The molecule has 17 heteroatoms. The first-order valence-electron chi connectivity index (χ1n) is 22.3. The molecule has 364 valence electrons. The average molecular weight is 967 g/mol. The van der Waals surface area contributed by atoms with Crippen molar-refractivity contribution >= 4 is 56.9 Å². The molecular formula is C47H80BrN7O9. The maximum Gasteiger partial charge on any atom is 0.251 e. The van der Waals surface area contributed by atoms with Gasteiger partial charge in [-0.05, 0) is 125 Å². The highest BCUT2D eigenvalue weighted by Crippen LogP contribution is 2.27. The molecule has 16 nitrogen and oxygen atoms in total. The van der Waals surface area contributed by atoms with Crippen LogP contribution in [0.25, 0.3) is 0 Å². The van der Waals surface area contributed by atoms with Crippen LogP contribution in [0.5, 0.6) is 11.5 Å². The number of nitrogen functional groups attached to an aromatic ring is 1. The molecule has 0 saturated heterocycles. The van der Waals surface area contributed by atoms with Gasteiger partial charge in [0.1, 0.15) is 17.9 Å². The number of ketones is 1. The number of nitrogens with two attached hydrogens (primary N) is 1. The molecule has 1 aliphatic carbocycles. The fraction of sp³-hybridized carbons (Fsp3) is 0.617. The summed E-state index contributed by atoms with van der Waals surface area (Å²) >= 11 is 3.24. The predicted molar refractivity (Wildman–Crippen MR) is 259 cm³/mol. The van der Waals surface area contributed by atoms with E-state index in [9.17, 15) is 28.8 Å². The number of aliphatic hydroxyl groups excluding tert-OH is 1. The summed E-state index contributed by atoms with van der Waals surface area (Å²) < 4.78 is 10.8. The Morgan fingerprint density at radius 3 is 1.91 bits per heavy atom. The summed E-state index contributed by atoms with van der Waals surface area (Å²) in [6.45, 7) is 18.3. The van der Waals surface area contributed by atoms with E-state index in [2.05, 4.69) is 75.1 Å².